The van der Waals surface area contributed by atoms with Gasteiger partial charge in [0.2, 0.25) is 0 Å². The Balaban J connectivity index is 0. The third-order valence-electron chi connectivity index (χ3n) is 6.11. The van der Waals surface area contributed by atoms with Crippen LogP contribution in [0.2, 0.25) is 25.7 Å². The smallest absolute Gasteiger partial charge is 0.0443 e. The van der Waals surface area contributed by atoms with E-state index in [1.54, 1.807) is 0 Å². The fourth-order valence-electron chi connectivity index (χ4n) is 4.07. The highest BCUT2D eigenvalue weighted by Crippen LogP contribution is 2.18. The van der Waals surface area contributed by atoms with Gasteiger partial charge in [-0.25, -0.2) is 0 Å². The van der Waals surface area contributed by atoms with E-state index in [0.717, 1.165) is 0 Å². The molecule has 0 aliphatic carbocycles. The highest BCUT2D eigenvalue weighted by atomic mass is 35.5. The van der Waals surface area contributed by atoms with Crippen LogP contribution in [0.25, 0.3) is 0 Å². The molecular formula is C26H58ClNSi. The van der Waals surface area contributed by atoms with Gasteiger partial charge in [-0.2, -0.15) is 0 Å². The van der Waals surface area contributed by atoms with E-state index < -0.39 is 8.07 Å². The summed E-state index contributed by atoms with van der Waals surface area (Å²) in [5.41, 5.74) is 0.329. The summed E-state index contributed by atoms with van der Waals surface area (Å²) >= 11 is 0. The van der Waals surface area contributed by atoms with Gasteiger partial charge in [-0.1, -0.05) is 129 Å². The predicted molar refractivity (Wildman–Crippen MR) is 142 cm³/mol. The van der Waals surface area contributed by atoms with Crippen molar-refractivity contribution in [2.24, 2.45) is 0 Å². The Morgan fingerprint density at radius 3 is 1.34 bits per heavy atom. The van der Waals surface area contributed by atoms with Crippen LogP contribution in [-0.2, 0) is 0 Å². The monoisotopic (exact) mass is 447 g/mol. The second-order valence-corrected chi connectivity index (χ2v) is 16.8. The lowest BCUT2D eigenvalue weighted by atomic mass is 9.95. The largest absolute Gasteiger partial charge is 0.312 e. The molecule has 0 rings (SSSR count). The molecular weight excluding hydrogens is 390 g/mol. The zero-order valence-electron chi connectivity index (χ0n) is 21.3. The summed E-state index contributed by atoms with van der Waals surface area (Å²) in [7, 11) is -0.857. The molecule has 0 saturated carbocycles. The van der Waals surface area contributed by atoms with Crippen LogP contribution in [0.1, 0.15) is 130 Å². The number of rotatable bonds is 21. The van der Waals surface area contributed by atoms with Crippen LogP contribution in [0, 0.1) is 0 Å². The summed E-state index contributed by atoms with van der Waals surface area (Å²) in [6, 6.07) is 1.45. The fraction of sp³-hybridized carbons (Fsp3) is 1.00. The molecule has 29 heavy (non-hydrogen) atoms. The third kappa shape index (κ3) is 26.4. The van der Waals surface area contributed by atoms with Gasteiger partial charge in [-0.05, 0) is 33.2 Å². The van der Waals surface area contributed by atoms with Crippen molar-refractivity contribution in [2.45, 2.75) is 161 Å². The molecule has 0 spiro atoms. The number of hydrogen-bond acceptors (Lipinski definition) is 1. The SMILES string of the molecule is CCCCCCCCCCCCCCCCCC(C)(C)NCCC[Si](C)(C)C.Cl. The van der Waals surface area contributed by atoms with E-state index >= 15 is 0 Å². The fourth-order valence-corrected chi connectivity index (χ4v) is 5.31. The second-order valence-electron chi connectivity index (χ2n) is 11.2. The first-order valence-electron chi connectivity index (χ1n) is 13.0. The van der Waals surface area contributed by atoms with Crippen molar-refractivity contribution in [1.82, 2.24) is 5.32 Å². The van der Waals surface area contributed by atoms with Crippen LogP contribution in [0.5, 0.6) is 0 Å². The van der Waals surface area contributed by atoms with E-state index in [4.69, 9.17) is 0 Å². The molecule has 0 saturated heterocycles. The molecule has 0 fully saturated rings. The minimum Gasteiger partial charge on any atom is -0.312 e. The van der Waals surface area contributed by atoms with Crippen molar-refractivity contribution >= 4 is 20.5 Å². The average Bonchev–Trinajstić information content (AvgIpc) is 2.61. The summed E-state index contributed by atoms with van der Waals surface area (Å²) in [4.78, 5) is 0. The van der Waals surface area contributed by atoms with Gasteiger partial charge in [0, 0.05) is 13.6 Å². The van der Waals surface area contributed by atoms with Crippen molar-refractivity contribution in [2.75, 3.05) is 6.54 Å². The normalized spacial score (nSPS) is 12.2. The van der Waals surface area contributed by atoms with Gasteiger partial charge in [-0.3, -0.25) is 0 Å². The molecule has 0 aliphatic rings. The van der Waals surface area contributed by atoms with E-state index in [1.165, 1.54) is 122 Å². The van der Waals surface area contributed by atoms with E-state index in [9.17, 15) is 0 Å². The number of hydrogen-bond donors (Lipinski definition) is 1. The van der Waals surface area contributed by atoms with Gasteiger partial charge in [0.15, 0.2) is 0 Å². The zero-order chi connectivity index (χ0) is 21.1. The summed E-state index contributed by atoms with van der Waals surface area (Å²) in [6.45, 7) is 15.7. The first kappa shape index (κ1) is 31.7. The molecule has 0 bridgehead atoms. The van der Waals surface area contributed by atoms with Crippen molar-refractivity contribution < 1.29 is 0 Å². The molecule has 178 valence electrons. The number of nitrogens with one attached hydrogen (secondary N) is 1. The topological polar surface area (TPSA) is 12.0 Å². The van der Waals surface area contributed by atoms with Crippen LogP contribution in [0.15, 0.2) is 0 Å². The lowest BCUT2D eigenvalue weighted by molar-refractivity contribution is 0.347. The van der Waals surface area contributed by atoms with Crippen molar-refractivity contribution in [3.8, 4) is 0 Å². The van der Waals surface area contributed by atoms with Crippen molar-refractivity contribution in [3.63, 3.8) is 0 Å². The average molecular weight is 448 g/mol. The standard InChI is InChI=1S/C26H57NSi.ClH/c1-7-8-9-10-11-12-13-14-15-16-17-18-19-20-21-23-26(2,3)27-24-22-25-28(4,5)6;/h27H,7-25H2,1-6H3;1H. The first-order chi connectivity index (χ1) is 13.3. The molecule has 0 heterocycles. The molecule has 0 amide bonds. The maximum Gasteiger partial charge on any atom is 0.0443 e. The van der Waals surface area contributed by atoms with Gasteiger partial charge in [0.25, 0.3) is 0 Å². The third-order valence-corrected chi connectivity index (χ3v) is 7.97. The highest BCUT2D eigenvalue weighted by molar-refractivity contribution is 6.76. The minimum absolute atomic E-state index is 0. The first-order valence-corrected chi connectivity index (χ1v) is 16.7. The van der Waals surface area contributed by atoms with Crippen LogP contribution >= 0.6 is 12.4 Å². The summed E-state index contributed by atoms with van der Waals surface area (Å²) in [5, 5.41) is 3.80. The molecule has 0 radical (unpaired) electrons. The minimum atomic E-state index is -0.857. The quantitative estimate of drug-likeness (QED) is 0.136. The van der Waals surface area contributed by atoms with Gasteiger partial charge >= 0.3 is 0 Å². The van der Waals surface area contributed by atoms with Crippen LogP contribution in [0.3, 0.4) is 0 Å². The number of halogens is 1. The van der Waals surface area contributed by atoms with Gasteiger partial charge < -0.3 is 5.32 Å². The number of unbranched alkanes of at least 4 members (excludes halogenated alkanes) is 14. The van der Waals surface area contributed by atoms with Crippen molar-refractivity contribution in [3.05, 3.63) is 0 Å². The Morgan fingerprint density at radius 2 is 0.966 bits per heavy atom. The maximum atomic E-state index is 3.80. The zero-order valence-corrected chi connectivity index (χ0v) is 23.2. The van der Waals surface area contributed by atoms with Crippen molar-refractivity contribution in [1.29, 1.82) is 0 Å². The van der Waals surface area contributed by atoms with Crippen LogP contribution in [0.4, 0.5) is 0 Å². The van der Waals surface area contributed by atoms with E-state index in [2.05, 4.69) is 45.7 Å². The second kappa shape index (κ2) is 20.4. The summed E-state index contributed by atoms with van der Waals surface area (Å²) in [5.74, 6) is 0. The molecule has 0 unspecified atom stereocenters. The van der Waals surface area contributed by atoms with Gasteiger partial charge in [0.1, 0.15) is 0 Å². The molecule has 3 heteroatoms. The lowest BCUT2D eigenvalue weighted by Gasteiger charge is -2.27. The summed E-state index contributed by atoms with van der Waals surface area (Å²) < 4.78 is 0. The molecule has 1 N–H and O–H groups in total. The van der Waals surface area contributed by atoms with E-state index in [1.807, 2.05) is 0 Å². The maximum absolute atomic E-state index is 3.80. The Kier molecular flexibility index (Phi) is 22.2. The van der Waals surface area contributed by atoms with Gasteiger partial charge in [0.05, 0.1) is 0 Å². The molecule has 0 aliphatic heterocycles. The Hall–Kier alpha value is 0.467. The Morgan fingerprint density at radius 1 is 0.586 bits per heavy atom. The van der Waals surface area contributed by atoms with Crippen LogP contribution < -0.4 is 5.32 Å². The van der Waals surface area contributed by atoms with E-state index in [0.29, 0.717) is 5.54 Å². The predicted octanol–water partition coefficient (Wildman–Crippen LogP) is 9.77. The highest BCUT2D eigenvalue weighted by Gasteiger charge is 2.17. The van der Waals surface area contributed by atoms with Gasteiger partial charge in [-0.15, -0.1) is 12.4 Å². The van der Waals surface area contributed by atoms with E-state index in [-0.39, 0.29) is 12.4 Å². The Bertz CT molecular complexity index is 325. The molecule has 0 aromatic rings. The lowest BCUT2D eigenvalue weighted by Crippen LogP contribution is -2.40. The molecule has 0 aromatic heterocycles. The molecule has 0 aromatic carbocycles. The molecule has 0 atom stereocenters. The summed E-state index contributed by atoms with van der Waals surface area (Å²) in [6.07, 6.45) is 24.5. The Labute approximate surface area is 193 Å². The molecule has 1 nitrogen and oxygen atoms in total. The van der Waals surface area contributed by atoms with Crippen LogP contribution in [-0.4, -0.2) is 20.2 Å².